The number of carboxylic acid groups (broad SMARTS) is 1. The Hall–Kier alpha value is -2.04. The van der Waals surface area contributed by atoms with Crippen LogP contribution in [0.15, 0.2) is 18.2 Å². The lowest BCUT2D eigenvalue weighted by molar-refractivity contribution is -0.132. The van der Waals surface area contributed by atoms with Crippen LogP contribution >= 0.6 is 0 Å². The van der Waals surface area contributed by atoms with E-state index in [-0.39, 0.29) is 17.1 Å². The van der Waals surface area contributed by atoms with Gasteiger partial charge in [0.1, 0.15) is 5.56 Å². The number of rotatable bonds is 3. The molecule has 0 fully saturated rings. The molecular formula is C10H10O5. The topological polar surface area (TPSA) is 72.8 Å². The fourth-order valence-corrected chi connectivity index (χ4v) is 1.13. The molecule has 5 heteroatoms. The Kier molecular flexibility index (Phi) is 3.28. The predicted molar refractivity (Wildman–Crippen MR) is 51.3 cm³/mol. The standard InChI is InChI=1S/C10H10O5/c1-6(11)15-8-5-3-4-7(10(12)13)9(8)14-2/h3-5H,1-2H3,(H,12,13). The number of aromatic carboxylic acids is 1. The van der Waals surface area contributed by atoms with Gasteiger partial charge in [-0.25, -0.2) is 4.79 Å². The van der Waals surface area contributed by atoms with Crippen molar-refractivity contribution in [3.05, 3.63) is 23.8 Å². The second-order valence-electron chi connectivity index (χ2n) is 2.74. The third kappa shape index (κ3) is 2.46. The smallest absolute Gasteiger partial charge is 0.339 e. The molecule has 1 N–H and O–H groups in total. The maximum Gasteiger partial charge on any atom is 0.339 e. The summed E-state index contributed by atoms with van der Waals surface area (Å²) in [6.45, 7) is 1.23. The summed E-state index contributed by atoms with van der Waals surface area (Å²) in [5.41, 5.74) is -0.0451. The van der Waals surface area contributed by atoms with Crippen LogP contribution in [0, 0.1) is 0 Å². The molecule has 1 aromatic rings. The molecule has 0 heterocycles. The summed E-state index contributed by atoms with van der Waals surface area (Å²) >= 11 is 0. The molecule has 15 heavy (non-hydrogen) atoms. The van der Waals surface area contributed by atoms with Gasteiger partial charge in [0, 0.05) is 6.92 Å². The Balaban J connectivity index is 3.21. The van der Waals surface area contributed by atoms with E-state index in [0.29, 0.717) is 0 Å². The van der Waals surface area contributed by atoms with Gasteiger partial charge in [-0.15, -0.1) is 0 Å². The highest BCUT2D eigenvalue weighted by Crippen LogP contribution is 2.30. The van der Waals surface area contributed by atoms with Crippen LogP contribution in [-0.2, 0) is 4.79 Å². The maximum absolute atomic E-state index is 10.8. The molecule has 0 saturated carbocycles. The summed E-state index contributed by atoms with van der Waals surface area (Å²) in [4.78, 5) is 21.5. The number of hydrogen-bond acceptors (Lipinski definition) is 4. The average molecular weight is 210 g/mol. The van der Waals surface area contributed by atoms with Gasteiger partial charge in [-0.3, -0.25) is 4.79 Å². The first-order valence-corrected chi connectivity index (χ1v) is 4.15. The van der Waals surface area contributed by atoms with Crippen LogP contribution in [0.4, 0.5) is 0 Å². The lowest BCUT2D eigenvalue weighted by Crippen LogP contribution is -2.06. The first kappa shape index (κ1) is 11.0. The summed E-state index contributed by atoms with van der Waals surface area (Å²) in [7, 11) is 1.31. The fraction of sp³-hybridized carbons (Fsp3) is 0.200. The Morgan fingerprint density at radius 1 is 1.33 bits per heavy atom. The van der Waals surface area contributed by atoms with Gasteiger partial charge in [0.2, 0.25) is 0 Å². The van der Waals surface area contributed by atoms with Crippen molar-refractivity contribution < 1.29 is 24.2 Å². The Labute approximate surface area is 86.2 Å². The van der Waals surface area contributed by atoms with Gasteiger partial charge in [-0.05, 0) is 12.1 Å². The molecule has 0 amide bonds. The van der Waals surface area contributed by atoms with Crippen molar-refractivity contribution in [3.63, 3.8) is 0 Å². The minimum atomic E-state index is -1.14. The van der Waals surface area contributed by atoms with Gasteiger partial charge in [0.15, 0.2) is 11.5 Å². The van der Waals surface area contributed by atoms with Gasteiger partial charge in [-0.2, -0.15) is 0 Å². The molecule has 0 atom stereocenters. The van der Waals surface area contributed by atoms with Crippen molar-refractivity contribution in [2.75, 3.05) is 7.11 Å². The summed E-state index contributed by atoms with van der Waals surface area (Å²) in [5, 5.41) is 8.83. The summed E-state index contributed by atoms with van der Waals surface area (Å²) < 4.78 is 9.68. The number of benzene rings is 1. The van der Waals surface area contributed by atoms with E-state index in [0.717, 1.165) is 0 Å². The molecule has 1 aromatic carbocycles. The third-order valence-corrected chi connectivity index (χ3v) is 1.67. The molecule has 5 nitrogen and oxygen atoms in total. The second kappa shape index (κ2) is 4.45. The normalized spacial score (nSPS) is 9.47. The molecule has 0 spiro atoms. The van der Waals surface area contributed by atoms with E-state index in [2.05, 4.69) is 0 Å². The molecule has 0 bridgehead atoms. The van der Waals surface area contributed by atoms with E-state index in [1.165, 1.54) is 32.2 Å². The quantitative estimate of drug-likeness (QED) is 0.601. The van der Waals surface area contributed by atoms with Crippen molar-refractivity contribution in [1.29, 1.82) is 0 Å². The molecule has 0 aliphatic carbocycles. The highest BCUT2D eigenvalue weighted by atomic mass is 16.6. The van der Waals surface area contributed by atoms with Gasteiger partial charge < -0.3 is 14.6 Å². The fourth-order valence-electron chi connectivity index (χ4n) is 1.13. The van der Waals surface area contributed by atoms with E-state index in [1.54, 1.807) is 0 Å². The van der Waals surface area contributed by atoms with E-state index in [4.69, 9.17) is 14.6 Å². The third-order valence-electron chi connectivity index (χ3n) is 1.67. The zero-order valence-corrected chi connectivity index (χ0v) is 8.31. The van der Waals surface area contributed by atoms with Crippen LogP contribution < -0.4 is 9.47 Å². The van der Waals surface area contributed by atoms with Crippen molar-refractivity contribution in [2.45, 2.75) is 6.92 Å². The maximum atomic E-state index is 10.8. The zero-order chi connectivity index (χ0) is 11.4. The number of ether oxygens (including phenoxy) is 2. The largest absolute Gasteiger partial charge is 0.492 e. The number of methoxy groups -OCH3 is 1. The van der Waals surface area contributed by atoms with Gasteiger partial charge >= 0.3 is 11.9 Å². The first-order chi connectivity index (χ1) is 7.06. The van der Waals surface area contributed by atoms with E-state index in [9.17, 15) is 9.59 Å². The summed E-state index contributed by atoms with van der Waals surface area (Å²) in [6.07, 6.45) is 0. The van der Waals surface area contributed by atoms with E-state index < -0.39 is 11.9 Å². The van der Waals surface area contributed by atoms with Crippen LogP contribution in [0.1, 0.15) is 17.3 Å². The van der Waals surface area contributed by atoms with Gasteiger partial charge in [-0.1, -0.05) is 6.07 Å². The molecule has 0 radical (unpaired) electrons. The number of carbonyl (C=O) groups excluding carboxylic acids is 1. The number of esters is 1. The molecular weight excluding hydrogens is 200 g/mol. The second-order valence-corrected chi connectivity index (χ2v) is 2.74. The molecule has 0 saturated heterocycles. The van der Waals surface area contributed by atoms with Crippen molar-refractivity contribution >= 4 is 11.9 Å². The van der Waals surface area contributed by atoms with Crippen LogP contribution in [0.5, 0.6) is 11.5 Å². The molecule has 80 valence electrons. The molecule has 0 aliphatic heterocycles. The number of carboxylic acids is 1. The molecule has 0 unspecified atom stereocenters. The molecule has 1 rings (SSSR count). The lowest BCUT2D eigenvalue weighted by atomic mass is 10.2. The minimum Gasteiger partial charge on any atom is -0.492 e. The van der Waals surface area contributed by atoms with Gasteiger partial charge in [0.25, 0.3) is 0 Å². The van der Waals surface area contributed by atoms with Gasteiger partial charge in [0.05, 0.1) is 7.11 Å². The first-order valence-electron chi connectivity index (χ1n) is 4.15. The zero-order valence-electron chi connectivity index (χ0n) is 8.31. The van der Waals surface area contributed by atoms with E-state index >= 15 is 0 Å². The number of hydrogen-bond donors (Lipinski definition) is 1. The lowest BCUT2D eigenvalue weighted by Gasteiger charge is -2.09. The van der Waals surface area contributed by atoms with Crippen LogP contribution in [-0.4, -0.2) is 24.2 Å². The predicted octanol–water partition coefficient (Wildman–Crippen LogP) is 1.32. The average Bonchev–Trinajstić information content (AvgIpc) is 2.16. The number of para-hydroxylation sites is 1. The van der Waals surface area contributed by atoms with Crippen LogP contribution in [0.25, 0.3) is 0 Å². The minimum absolute atomic E-state index is 0.0419. The Morgan fingerprint density at radius 3 is 2.47 bits per heavy atom. The summed E-state index contributed by atoms with van der Waals surface area (Å²) in [6, 6.07) is 4.31. The molecule has 0 aliphatic rings. The Bertz CT molecular complexity index is 397. The highest BCUT2D eigenvalue weighted by molar-refractivity contribution is 5.92. The van der Waals surface area contributed by atoms with E-state index in [1.807, 2.05) is 0 Å². The highest BCUT2D eigenvalue weighted by Gasteiger charge is 2.16. The monoisotopic (exact) mass is 210 g/mol. The van der Waals surface area contributed by atoms with Crippen molar-refractivity contribution in [1.82, 2.24) is 0 Å². The SMILES string of the molecule is COc1c(OC(C)=O)cccc1C(=O)O. The van der Waals surface area contributed by atoms with Crippen LogP contribution in [0.2, 0.25) is 0 Å². The van der Waals surface area contributed by atoms with Crippen molar-refractivity contribution in [3.8, 4) is 11.5 Å². The van der Waals surface area contributed by atoms with Crippen LogP contribution in [0.3, 0.4) is 0 Å². The summed E-state index contributed by atoms with van der Waals surface area (Å²) in [5.74, 6) is -1.53. The van der Waals surface area contributed by atoms with Crippen molar-refractivity contribution in [2.24, 2.45) is 0 Å². The Morgan fingerprint density at radius 2 is 2.00 bits per heavy atom. The molecule has 0 aromatic heterocycles. The number of carbonyl (C=O) groups is 2.